The fraction of sp³-hybridized carbons (Fsp3) is 0.400. The van der Waals surface area contributed by atoms with Crippen LogP contribution in [-0.2, 0) is 10.0 Å². The normalized spacial score (nSPS) is 15.1. The summed E-state index contributed by atoms with van der Waals surface area (Å²) in [4.78, 5) is 17.0. The van der Waals surface area contributed by atoms with Gasteiger partial charge in [-0.2, -0.15) is 4.31 Å². The van der Waals surface area contributed by atoms with E-state index in [9.17, 15) is 13.2 Å². The second-order valence-electron chi connectivity index (χ2n) is 6.57. The molecule has 0 saturated carbocycles. The molecule has 1 aliphatic heterocycles. The quantitative estimate of drug-likeness (QED) is 0.464. The first kappa shape index (κ1) is 21.6. The third-order valence-corrected chi connectivity index (χ3v) is 7.55. The third kappa shape index (κ3) is 5.09. The third-order valence-electron chi connectivity index (χ3n) is 4.72. The van der Waals surface area contributed by atoms with E-state index < -0.39 is 10.0 Å². The van der Waals surface area contributed by atoms with E-state index in [1.54, 1.807) is 37.4 Å². The van der Waals surface area contributed by atoms with Gasteiger partial charge in [-0.15, -0.1) is 0 Å². The number of hydrogen-bond acceptors (Lipinski definition) is 7. The van der Waals surface area contributed by atoms with Crippen molar-refractivity contribution in [2.45, 2.75) is 29.2 Å². The Balaban J connectivity index is 1.65. The molecule has 0 unspecified atom stereocenters. The molecule has 0 spiro atoms. The van der Waals surface area contributed by atoms with Gasteiger partial charge in [-0.05, 0) is 37.1 Å². The Hall–Kier alpha value is -2.10. The lowest BCUT2D eigenvalue weighted by molar-refractivity contribution is 0.101. The lowest BCUT2D eigenvalue weighted by atomic mass is 10.1. The largest absolute Gasteiger partial charge is 0.497 e. The van der Waals surface area contributed by atoms with Gasteiger partial charge < -0.3 is 9.47 Å². The highest BCUT2D eigenvalue weighted by Gasteiger charge is 2.26. The van der Waals surface area contributed by atoms with E-state index in [0.29, 0.717) is 35.2 Å². The second-order valence-corrected chi connectivity index (χ2v) is 9.51. The molecule has 7 nitrogen and oxygen atoms in total. The van der Waals surface area contributed by atoms with Crippen LogP contribution in [0.1, 0.15) is 29.6 Å². The average Bonchev–Trinajstić information content (AvgIpc) is 2.77. The molecule has 156 valence electrons. The van der Waals surface area contributed by atoms with Gasteiger partial charge in [0.1, 0.15) is 16.4 Å². The Morgan fingerprint density at radius 2 is 1.86 bits per heavy atom. The standard InChI is InChI=1S/C20H24N2O5S2/c1-26-15-6-8-17(19(12-15)27-2)18(23)14-28-20-9-7-16(13-21-20)29(24,25)22-10-4-3-5-11-22/h6-9,12-13H,3-5,10-11,14H2,1-2H3. The van der Waals surface area contributed by atoms with Crippen LogP contribution in [0.4, 0.5) is 0 Å². The number of thioether (sulfide) groups is 1. The highest BCUT2D eigenvalue weighted by atomic mass is 32.2. The monoisotopic (exact) mass is 436 g/mol. The summed E-state index contributed by atoms with van der Waals surface area (Å²) in [6, 6.07) is 8.23. The van der Waals surface area contributed by atoms with Crippen LogP contribution in [0.15, 0.2) is 46.5 Å². The maximum absolute atomic E-state index is 12.7. The first-order valence-electron chi connectivity index (χ1n) is 9.30. The van der Waals surface area contributed by atoms with Gasteiger partial charge in [0.05, 0.1) is 30.6 Å². The minimum absolute atomic E-state index is 0.110. The summed E-state index contributed by atoms with van der Waals surface area (Å²) in [5.74, 6) is 1.11. The van der Waals surface area contributed by atoms with Gasteiger partial charge in [0, 0.05) is 25.4 Å². The zero-order valence-electron chi connectivity index (χ0n) is 16.5. The maximum Gasteiger partial charge on any atom is 0.244 e. The summed E-state index contributed by atoms with van der Waals surface area (Å²) < 4.78 is 37.3. The number of piperidine rings is 1. The van der Waals surface area contributed by atoms with Crippen LogP contribution in [0.3, 0.4) is 0 Å². The molecule has 9 heteroatoms. The first-order valence-corrected chi connectivity index (χ1v) is 11.7. The average molecular weight is 437 g/mol. The number of ketones is 1. The van der Waals surface area contributed by atoms with Crippen molar-refractivity contribution in [1.82, 2.24) is 9.29 Å². The SMILES string of the molecule is COc1ccc(C(=O)CSc2ccc(S(=O)(=O)N3CCCCC3)cn2)c(OC)c1. The molecule has 1 aromatic carbocycles. The highest BCUT2D eigenvalue weighted by Crippen LogP contribution is 2.27. The molecule has 1 fully saturated rings. The predicted molar refractivity (Wildman–Crippen MR) is 111 cm³/mol. The van der Waals surface area contributed by atoms with Crippen molar-refractivity contribution in [2.75, 3.05) is 33.1 Å². The lowest BCUT2D eigenvalue weighted by Crippen LogP contribution is -2.35. The summed E-state index contributed by atoms with van der Waals surface area (Å²) in [7, 11) is -0.452. The maximum atomic E-state index is 12.7. The molecule has 2 aromatic rings. The fourth-order valence-corrected chi connectivity index (χ4v) is 5.29. The van der Waals surface area contributed by atoms with E-state index in [0.717, 1.165) is 19.3 Å². The number of carbonyl (C=O) groups is 1. The van der Waals surface area contributed by atoms with E-state index in [2.05, 4.69) is 4.98 Å². The molecule has 1 saturated heterocycles. The molecule has 0 aliphatic carbocycles. The van der Waals surface area contributed by atoms with Crippen molar-refractivity contribution >= 4 is 27.6 Å². The minimum atomic E-state index is -3.50. The summed E-state index contributed by atoms with van der Waals surface area (Å²) >= 11 is 1.25. The Bertz CT molecular complexity index is 955. The number of pyridine rings is 1. The van der Waals surface area contributed by atoms with Crippen LogP contribution >= 0.6 is 11.8 Å². The Morgan fingerprint density at radius 1 is 1.10 bits per heavy atom. The molecule has 2 heterocycles. The molecule has 0 amide bonds. The summed E-state index contributed by atoms with van der Waals surface area (Å²) in [5.41, 5.74) is 0.463. The number of aromatic nitrogens is 1. The van der Waals surface area contributed by atoms with Crippen molar-refractivity contribution in [3.05, 3.63) is 42.1 Å². The highest BCUT2D eigenvalue weighted by molar-refractivity contribution is 7.99. The Labute approximate surface area is 175 Å². The van der Waals surface area contributed by atoms with Crippen LogP contribution in [0.25, 0.3) is 0 Å². The number of ether oxygens (including phenoxy) is 2. The van der Waals surface area contributed by atoms with Gasteiger partial charge >= 0.3 is 0 Å². The van der Waals surface area contributed by atoms with Crippen LogP contribution < -0.4 is 9.47 Å². The number of Topliss-reactive ketones (excluding diaryl/α,β-unsaturated/α-hetero) is 1. The van der Waals surface area contributed by atoms with Gasteiger partial charge in [0.25, 0.3) is 0 Å². The van der Waals surface area contributed by atoms with Crippen molar-refractivity contribution in [2.24, 2.45) is 0 Å². The molecule has 0 radical (unpaired) electrons. The minimum Gasteiger partial charge on any atom is -0.497 e. The number of nitrogens with zero attached hydrogens (tertiary/aromatic N) is 2. The molecule has 0 N–H and O–H groups in total. The number of carbonyl (C=O) groups excluding carboxylic acids is 1. The number of sulfonamides is 1. The topological polar surface area (TPSA) is 85.8 Å². The van der Waals surface area contributed by atoms with Gasteiger partial charge in [-0.1, -0.05) is 18.2 Å². The molecular weight excluding hydrogens is 412 g/mol. The van der Waals surface area contributed by atoms with E-state index in [4.69, 9.17) is 9.47 Å². The lowest BCUT2D eigenvalue weighted by Gasteiger charge is -2.25. The molecule has 1 aliphatic rings. The fourth-order valence-electron chi connectivity index (χ4n) is 3.11. The van der Waals surface area contributed by atoms with Crippen LogP contribution in [-0.4, -0.2) is 56.6 Å². The van der Waals surface area contributed by atoms with Gasteiger partial charge in [0.2, 0.25) is 10.0 Å². The molecular formula is C20H24N2O5S2. The molecule has 1 aromatic heterocycles. The summed E-state index contributed by atoms with van der Waals surface area (Å²) in [6.45, 7) is 1.11. The van der Waals surface area contributed by atoms with Crippen LogP contribution in [0.5, 0.6) is 11.5 Å². The van der Waals surface area contributed by atoms with Gasteiger partial charge in [-0.3, -0.25) is 4.79 Å². The number of benzene rings is 1. The smallest absolute Gasteiger partial charge is 0.244 e. The summed E-state index contributed by atoms with van der Waals surface area (Å²) in [6.07, 6.45) is 4.20. The van der Waals surface area contributed by atoms with Crippen molar-refractivity contribution < 1.29 is 22.7 Å². The molecule has 3 rings (SSSR count). The van der Waals surface area contributed by atoms with Crippen molar-refractivity contribution in [3.8, 4) is 11.5 Å². The molecule has 29 heavy (non-hydrogen) atoms. The second kappa shape index (κ2) is 9.60. The van der Waals surface area contributed by atoms with E-state index >= 15 is 0 Å². The number of hydrogen-bond donors (Lipinski definition) is 0. The van der Waals surface area contributed by atoms with Gasteiger partial charge in [0.15, 0.2) is 5.78 Å². The van der Waals surface area contributed by atoms with Crippen molar-refractivity contribution in [3.63, 3.8) is 0 Å². The van der Waals surface area contributed by atoms with Crippen molar-refractivity contribution in [1.29, 1.82) is 0 Å². The number of methoxy groups -OCH3 is 2. The van der Waals surface area contributed by atoms with E-state index in [1.165, 1.54) is 29.4 Å². The molecule has 0 atom stereocenters. The van der Waals surface area contributed by atoms with Crippen LogP contribution in [0, 0.1) is 0 Å². The Kier molecular flexibility index (Phi) is 7.15. The van der Waals surface area contributed by atoms with Crippen LogP contribution in [0.2, 0.25) is 0 Å². The van der Waals surface area contributed by atoms with E-state index in [-0.39, 0.29) is 16.4 Å². The summed E-state index contributed by atoms with van der Waals surface area (Å²) in [5, 5.41) is 0.587. The zero-order chi connectivity index (χ0) is 20.9. The Morgan fingerprint density at radius 3 is 2.48 bits per heavy atom. The number of rotatable bonds is 8. The zero-order valence-corrected chi connectivity index (χ0v) is 18.1. The predicted octanol–water partition coefficient (Wildman–Crippen LogP) is 3.25. The molecule has 0 bridgehead atoms. The van der Waals surface area contributed by atoms with Gasteiger partial charge in [-0.25, -0.2) is 13.4 Å². The van der Waals surface area contributed by atoms with E-state index in [1.807, 2.05) is 0 Å². The first-order chi connectivity index (χ1) is 14.0.